The number of nitrogens with two attached hydrogens (primary N) is 1. The summed E-state index contributed by atoms with van der Waals surface area (Å²) in [4.78, 5) is 43.1. The van der Waals surface area contributed by atoms with Crippen LogP contribution in [0, 0.1) is 17.8 Å². The molecule has 1 aromatic carbocycles. The van der Waals surface area contributed by atoms with E-state index in [-0.39, 0.29) is 37.8 Å². The highest BCUT2D eigenvalue weighted by molar-refractivity contribution is 5.79. The Labute approximate surface area is 373 Å². The van der Waals surface area contributed by atoms with Crippen molar-refractivity contribution in [3.8, 4) is 0 Å². The number of aryl methyl sites for hydroxylation is 1. The summed E-state index contributed by atoms with van der Waals surface area (Å²) in [7, 11) is 5.19. The minimum absolute atomic E-state index is 0.0442. The quantitative estimate of drug-likeness (QED) is 0.138. The zero-order chi connectivity index (χ0) is 47.4. The molecule has 3 fully saturated rings. The van der Waals surface area contributed by atoms with Crippen LogP contribution >= 0.6 is 0 Å². The van der Waals surface area contributed by atoms with E-state index < -0.39 is 114 Å². The molecule has 1 aromatic rings. The molecule has 3 saturated heterocycles. The number of carbonyl (C=O) groups is 3. The van der Waals surface area contributed by atoms with Crippen molar-refractivity contribution in [2.75, 3.05) is 26.9 Å². The third-order valence-electron chi connectivity index (χ3n) is 13.5. The first-order chi connectivity index (χ1) is 29.3. The van der Waals surface area contributed by atoms with Crippen LogP contribution in [0.5, 0.6) is 0 Å². The van der Waals surface area contributed by atoms with Crippen molar-refractivity contribution in [1.82, 2.24) is 10.2 Å². The van der Waals surface area contributed by atoms with Gasteiger partial charge in [0.15, 0.2) is 18.7 Å². The number of methoxy groups -OCH3 is 1. The topological polar surface area (TPSA) is 238 Å². The monoisotopic (exact) mass is 896 g/mol. The van der Waals surface area contributed by atoms with Crippen LogP contribution in [-0.2, 0) is 54.0 Å². The van der Waals surface area contributed by atoms with Gasteiger partial charge in [0.2, 0.25) is 5.91 Å². The van der Waals surface area contributed by atoms with Gasteiger partial charge in [-0.1, -0.05) is 32.9 Å². The van der Waals surface area contributed by atoms with E-state index in [4.69, 9.17) is 38.9 Å². The van der Waals surface area contributed by atoms with E-state index in [2.05, 4.69) is 5.32 Å². The summed E-state index contributed by atoms with van der Waals surface area (Å²) in [5, 5.41) is 50.1. The lowest BCUT2D eigenvalue weighted by atomic mass is 9.78. The predicted octanol–water partition coefficient (Wildman–Crippen LogP) is 2.85. The minimum atomic E-state index is -2.05. The molecule has 360 valence electrons. The number of rotatable bonds is 11. The first kappa shape index (κ1) is 52.7. The van der Waals surface area contributed by atoms with Crippen LogP contribution < -0.4 is 11.1 Å². The van der Waals surface area contributed by atoms with Gasteiger partial charge >= 0.3 is 11.9 Å². The number of nitrogens with one attached hydrogen (secondary N) is 1. The lowest BCUT2D eigenvalue weighted by Gasteiger charge is -2.49. The fourth-order valence-electron chi connectivity index (χ4n) is 9.61. The first-order valence-electron chi connectivity index (χ1n) is 22.4. The number of anilines is 1. The largest absolute Gasteiger partial charge is 0.459 e. The number of nitrogen functional groups attached to an aromatic ring is 1. The number of aliphatic hydroxyl groups excluding tert-OH is 2. The normalized spacial score (nSPS) is 42.4. The zero-order valence-corrected chi connectivity index (χ0v) is 39.6. The van der Waals surface area contributed by atoms with Crippen molar-refractivity contribution in [3.05, 3.63) is 29.8 Å². The van der Waals surface area contributed by atoms with Gasteiger partial charge in [-0.25, -0.2) is 0 Å². The lowest BCUT2D eigenvalue weighted by molar-refractivity contribution is -0.318. The Bertz CT molecular complexity index is 1660. The van der Waals surface area contributed by atoms with Crippen LogP contribution in [0.1, 0.15) is 107 Å². The predicted molar refractivity (Wildman–Crippen MR) is 233 cm³/mol. The molecule has 1 amide bonds. The third kappa shape index (κ3) is 12.7. The number of cyclic esters (lactones) is 1. The first-order valence-corrected chi connectivity index (χ1v) is 22.4. The molecular weight excluding hydrogens is 819 g/mol. The van der Waals surface area contributed by atoms with Gasteiger partial charge in [0.25, 0.3) is 0 Å². The van der Waals surface area contributed by atoms with Gasteiger partial charge in [-0.2, -0.15) is 0 Å². The van der Waals surface area contributed by atoms with Gasteiger partial charge in [-0.05, 0) is 106 Å². The van der Waals surface area contributed by atoms with E-state index in [1.54, 1.807) is 60.6 Å². The molecule has 63 heavy (non-hydrogen) atoms. The summed E-state index contributed by atoms with van der Waals surface area (Å²) < 4.78 is 44.2. The number of likely N-dealkylation sites (N-methyl/N-ethyl adjacent to an activating group) is 1. The summed E-state index contributed by atoms with van der Waals surface area (Å²) in [6, 6.07) is 6.20. The molecule has 17 nitrogen and oxygen atoms in total. The highest BCUT2D eigenvalue weighted by atomic mass is 16.7. The summed E-state index contributed by atoms with van der Waals surface area (Å²) in [6.07, 6.45) is -9.54. The number of ether oxygens (including phenoxy) is 7. The van der Waals surface area contributed by atoms with Crippen molar-refractivity contribution in [1.29, 1.82) is 0 Å². The second-order valence-electron chi connectivity index (χ2n) is 19.3. The number of nitrogens with zero attached hydrogens (tertiary/aromatic N) is 1. The van der Waals surface area contributed by atoms with Crippen LogP contribution in [0.2, 0.25) is 0 Å². The maximum Gasteiger partial charge on any atom is 0.311 e. The number of carbonyl (C=O) groups excluding carboxylic acids is 3. The maximum absolute atomic E-state index is 14.4. The molecule has 0 unspecified atom stereocenters. The second-order valence-corrected chi connectivity index (χ2v) is 19.3. The number of benzene rings is 1. The third-order valence-corrected chi connectivity index (χ3v) is 13.5. The molecular formula is C46H77N3O14. The van der Waals surface area contributed by atoms with Gasteiger partial charge in [-0.3, -0.25) is 14.4 Å². The molecule has 0 radical (unpaired) electrons. The Morgan fingerprint density at radius 3 is 2.16 bits per heavy atom. The standard InChI is InChI=1S/C46H77N3O14/c1-14-33-46(10,56)38(52)28(6)41(53)48-24(2)22-44(8,55)39(63-43-36(51)32(49(11)12)21-25(3)58-43)26(4)37(27(5)42(54)60-33)62-35-23-45(9,57-13)40(29(7)59-35)61-34(50)20-17-30-15-18-31(47)19-16-30/h15-16,18-19,24-29,32-33,35-40,43,51-52,55-56H,14,17,20-23,47H2,1-13H3,(H,48,53)/t24-,25-,26+,27-,28-,29+,32+,33-,35+,36-,37+,38-,39-,40+,43+,44-,45-,46-/m1/s1. The van der Waals surface area contributed by atoms with E-state index in [1.807, 2.05) is 38.1 Å². The summed E-state index contributed by atoms with van der Waals surface area (Å²) in [6.45, 7) is 16.4. The second kappa shape index (κ2) is 21.6. The molecule has 3 aliphatic heterocycles. The van der Waals surface area contributed by atoms with Gasteiger partial charge in [0.1, 0.15) is 23.4 Å². The summed E-state index contributed by atoms with van der Waals surface area (Å²) in [5.41, 5.74) is 2.39. The van der Waals surface area contributed by atoms with Crippen LogP contribution in [0.25, 0.3) is 0 Å². The number of amides is 1. The van der Waals surface area contributed by atoms with Crippen molar-refractivity contribution >= 4 is 23.5 Å². The van der Waals surface area contributed by atoms with Crippen molar-refractivity contribution in [2.24, 2.45) is 17.8 Å². The molecule has 3 heterocycles. The average Bonchev–Trinajstić information content (AvgIpc) is 3.21. The molecule has 17 heteroatoms. The lowest BCUT2D eigenvalue weighted by Crippen LogP contribution is -2.61. The molecule has 0 bridgehead atoms. The van der Waals surface area contributed by atoms with Crippen LogP contribution in [-0.4, -0.2) is 155 Å². The number of aliphatic hydroxyl groups is 4. The molecule has 0 aromatic heterocycles. The molecule has 3 aliphatic rings. The molecule has 0 aliphatic carbocycles. The van der Waals surface area contributed by atoms with Gasteiger partial charge in [0, 0.05) is 43.6 Å². The summed E-state index contributed by atoms with van der Waals surface area (Å²) in [5.74, 6) is -5.02. The van der Waals surface area contributed by atoms with Crippen LogP contribution in [0.15, 0.2) is 24.3 Å². The minimum Gasteiger partial charge on any atom is -0.459 e. The molecule has 18 atom stereocenters. The Balaban J connectivity index is 1.74. The highest BCUT2D eigenvalue weighted by Gasteiger charge is 2.54. The SMILES string of the molecule is CC[C@H]1OC(=O)[C@H](C)[C@@H](O[C@H]2C[C@@](C)(OC)[C@@H](OC(=O)CCc3ccc(N)cc3)[C@H](C)O2)[C@H](C)[C@@H](O[C@@H]2O[C@H](C)C[C@H](N(C)C)[C@H]2O)[C@](C)(O)C[C@@H](C)NC(=O)[C@H](C)[C@@H](O)[C@]1(C)O. The molecule has 0 spiro atoms. The number of hydrogen-bond acceptors (Lipinski definition) is 16. The molecule has 0 saturated carbocycles. The van der Waals surface area contributed by atoms with Crippen molar-refractivity contribution in [2.45, 2.75) is 198 Å². The fourth-order valence-corrected chi connectivity index (χ4v) is 9.61. The van der Waals surface area contributed by atoms with Crippen LogP contribution in [0.4, 0.5) is 5.69 Å². The van der Waals surface area contributed by atoms with E-state index in [9.17, 15) is 34.8 Å². The van der Waals surface area contributed by atoms with E-state index in [1.165, 1.54) is 21.0 Å². The Morgan fingerprint density at radius 1 is 0.937 bits per heavy atom. The summed E-state index contributed by atoms with van der Waals surface area (Å²) >= 11 is 0. The Kier molecular flexibility index (Phi) is 18.0. The number of hydrogen-bond donors (Lipinski definition) is 6. The highest BCUT2D eigenvalue weighted by Crippen LogP contribution is 2.40. The van der Waals surface area contributed by atoms with E-state index >= 15 is 0 Å². The van der Waals surface area contributed by atoms with Gasteiger partial charge in [-0.15, -0.1) is 0 Å². The van der Waals surface area contributed by atoms with Crippen molar-refractivity contribution in [3.63, 3.8) is 0 Å². The number of esters is 2. The van der Waals surface area contributed by atoms with Crippen molar-refractivity contribution < 1.29 is 68.0 Å². The zero-order valence-electron chi connectivity index (χ0n) is 39.6. The molecule has 4 rings (SSSR count). The Hall–Kier alpha value is -2.97. The Morgan fingerprint density at radius 2 is 1.57 bits per heavy atom. The molecule has 7 N–H and O–H groups in total. The van der Waals surface area contributed by atoms with Gasteiger partial charge in [0.05, 0.1) is 48.0 Å². The van der Waals surface area contributed by atoms with E-state index in [0.29, 0.717) is 18.5 Å². The maximum atomic E-state index is 14.4. The van der Waals surface area contributed by atoms with E-state index in [0.717, 1.165) is 5.56 Å². The average molecular weight is 896 g/mol. The fraction of sp³-hybridized carbons (Fsp3) is 0.804. The van der Waals surface area contributed by atoms with Crippen LogP contribution in [0.3, 0.4) is 0 Å². The smallest absolute Gasteiger partial charge is 0.311 e. The van der Waals surface area contributed by atoms with Gasteiger partial charge < -0.3 is 69.5 Å².